The van der Waals surface area contributed by atoms with E-state index in [1.807, 2.05) is 0 Å². The highest BCUT2D eigenvalue weighted by molar-refractivity contribution is 5.87. The molecule has 2 aromatic rings. The van der Waals surface area contributed by atoms with Crippen molar-refractivity contribution in [3.05, 3.63) is 29.7 Å². The Kier molecular flexibility index (Phi) is 1.56. The molecule has 15 heavy (non-hydrogen) atoms. The van der Waals surface area contributed by atoms with Gasteiger partial charge in [-0.2, -0.15) is 0 Å². The number of pyridine rings is 1. The molecular weight excluding hydrogens is 194 g/mol. The van der Waals surface area contributed by atoms with Gasteiger partial charge in [0, 0.05) is 12.1 Å². The highest BCUT2D eigenvalue weighted by Gasteiger charge is 2.28. The lowest BCUT2D eigenvalue weighted by atomic mass is 10.3. The predicted molar refractivity (Wildman–Crippen MR) is 51.9 cm³/mol. The van der Waals surface area contributed by atoms with Crippen LogP contribution in [0.4, 0.5) is 0 Å². The second-order valence-electron chi connectivity index (χ2n) is 3.78. The molecule has 5 nitrogen and oxygen atoms in total. The maximum absolute atomic E-state index is 10.8. The van der Waals surface area contributed by atoms with Crippen molar-refractivity contribution in [3.63, 3.8) is 0 Å². The van der Waals surface area contributed by atoms with Crippen LogP contribution in [0.25, 0.3) is 5.65 Å². The van der Waals surface area contributed by atoms with Gasteiger partial charge in [-0.15, -0.1) is 10.2 Å². The SMILES string of the molecule is O=C(O)c1ccc2nnc(C3CC3)n2c1. The molecule has 0 saturated heterocycles. The fraction of sp³-hybridized carbons (Fsp3) is 0.300. The Hall–Kier alpha value is -1.91. The summed E-state index contributed by atoms with van der Waals surface area (Å²) in [5.74, 6) is 0.421. The van der Waals surface area contributed by atoms with E-state index in [0.29, 0.717) is 11.6 Å². The molecule has 1 saturated carbocycles. The van der Waals surface area contributed by atoms with Gasteiger partial charge in [-0.1, -0.05) is 0 Å². The van der Waals surface area contributed by atoms with Crippen LogP contribution in [0, 0.1) is 0 Å². The summed E-state index contributed by atoms with van der Waals surface area (Å²) in [6.07, 6.45) is 3.83. The Morgan fingerprint density at radius 1 is 1.40 bits per heavy atom. The lowest BCUT2D eigenvalue weighted by molar-refractivity contribution is 0.0696. The molecule has 0 atom stereocenters. The fourth-order valence-corrected chi connectivity index (χ4v) is 1.65. The van der Waals surface area contributed by atoms with E-state index in [9.17, 15) is 4.79 Å². The van der Waals surface area contributed by atoms with E-state index in [1.165, 1.54) is 0 Å². The Morgan fingerprint density at radius 2 is 2.20 bits per heavy atom. The van der Waals surface area contributed by atoms with Gasteiger partial charge >= 0.3 is 5.97 Å². The minimum absolute atomic E-state index is 0.268. The first kappa shape index (κ1) is 8.40. The summed E-state index contributed by atoms with van der Waals surface area (Å²) in [6.45, 7) is 0. The molecule has 76 valence electrons. The molecule has 1 aliphatic carbocycles. The quantitative estimate of drug-likeness (QED) is 0.798. The number of hydrogen-bond acceptors (Lipinski definition) is 3. The first-order valence-corrected chi connectivity index (χ1v) is 4.83. The molecule has 1 fully saturated rings. The molecule has 2 aromatic heterocycles. The van der Waals surface area contributed by atoms with Gasteiger partial charge in [-0.05, 0) is 25.0 Å². The molecule has 0 radical (unpaired) electrons. The van der Waals surface area contributed by atoms with Gasteiger partial charge < -0.3 is 5.11 Å². The Bertz CT molecular complexity index is 543. The van der Waals surface area contributed by atoms with Crippen LogP contribution in [0.3, 0.4) is 0 Å². The number of rotatable bonds is 2. The number of carbonyl (C=O) groups is 1. The molecular formula is C10H9N3O2. The summed E-state index contributed by atoms with van der Waals surface area (Å²) >= 11 is 0. The lowest BCUT2D eigenvalue weighted by Gasteiger charge is -1.98. The molecule has 0 aromatic carbocycles. The molecule has 0 unspecified atom stereocenters. The standard InChI is InChI=1S/C10H9N3O2/c14-10(15)7-3-4-8-11-12-9(6-1-2-6)13(8)5-7/h3-6H,1-2H2,(H,14,15). The minimum atomic E-state index is -0.924. The summed E-state index contributed by atoms with van der Waals surface area (Å²) in [7, 11) is 0. The molecule has 0 amide bonds. The third-order valence-corrected chi connectivity index (χ3v) is 2.62. The van der Waals surface area contributed by atoms with Crippen LogP contribution < -0.4 is 0 Å². The third kappa shape index (κ3) is 1.27. The topological polar surface area (TPSA) is 67.5 Å². The second-order valence-corrected chi connectivity index (χ2v) is 3.78. The molecule has 5 heteroatoms. The Labute approximate surface area is 85.4 Å². The van der Waals surface area contributed by atoms with Crippen LogP contribution in [0.15, 0.2) is 18.3 Å². The number of hydrogen-bond donors (Lipinski definition) is 1. The van der Waals surface area contributed by atoms with Crippen molar-refractivity contribution in [2.45, 2.75) is 18.8 Å². The monoisotopic (exact) mass is 203 g/mol. The molecule has 1 aliphatic rings. The zero-order valence-corrected chi connectivity index (χ0v) is 7.92. The predicted octanol–water partition coefficient (Wildman–Crippen LogP) is 1.30. The molecule has 0 aliphatic heterocycles. The van der Waals surface area contributed by atoms with Crippen molar-refractivity contribution in [3.8, 4) is 0 Å². The number of carboxylic acids is 1. The molecule has 3 rings (SSSR count). The highest BCUT2D eigenvalue weighted by atomic mass is 16.4. The maximum Gasteiger partial charge on any atom is 0.337 e. The van der Waals surface area contributed by atoms with Gasteiger partial charge in [0.15, 0.2) is 5.65 Å². The highest BCUT2D eigenvalue weighted by Crippen LogP contribution is 2.38. The van der Waals surface area contributed by atoms with Gasteiger partial charge in [0.2, 0.25) is 0 Å². The van der Waals surface area contributed by atoms with Gasteiger partial charge in [-0.25, -0.2) is 4.79 Å². The Morgan fingerprint density at radius 3 is 2.87 bits per heavy atom. The number of nitrogens with zero attached hydrogens (tertiary/aromatic N) is 3. The molecule has 1 N–H and O–H groups in total. The summed E-state index contributed by atoms with van der Waals surface area (Å²) in [5, 5.41) is 17.0. The molecule has 2 heterocycles. The zero-order valence-electron chi connectivity index (χ0n) is 7.92. The van der Waals surface area contributed by atoms with E-state index >= 15 is 0 Å². The Balaban J connectivity index is 2.21. The van der Waals surface area contributed by atoms with E-state index < -0.39 is 5.97 Å². The van der Waals surface area contributed by atoms with Crippen molar-refractivity contribution >= 4 is 11.6 Å². The van der Waals surface area contributed by atoms with E-state index in [-0.39, 0.29) is 5.56 Å². The largest absolute Gasteiger partial charge is 0.478 e. The summed E-state index contributed by atoms with van der Waals surface area (Å²) in [6, 6.07) is 3.23. The van der Waals surface area contributed by atoms with Crippen LogP contribution in [-0.2, 0) is 0 Å². The minimum Gasteiger partial charge on any atom is -0.478 e. The summed E-state index contributed by atoms with van der Waals surface area (Å²) in [4.78, 5) is 10.8. The van der Waals surface area contributed by atoms with Gasteiger partial charge in [0.05, 0.1) is 5.56 Å². The van der Waals surface area contributed by atoms with Gasteiger partial charge in [-0.3, -0.25) is 4.40 Å². The van der Waals surface area contributed by atoms with E-state index in [0.717, 1.165) is 18.7 Å². The maximum atomic E-state index is 10.8. The van der Waals surface area contributed by atoms with Crippen LogP contribution in [-0.4, -0.2) is 25.7 Å². The molecule has 0 spiro atoms. The van der Waals surface area contributed by atoms with Crippen molar-refractivity contribution in [2.75, 3.05) is 0 Å². The average molecular weight is 203 g/mol. The average Bonchev–Trinajstić information content (AvgIpc) is 2.98. The van der Waals surface area contributed by atoms with Crippen LogP contribution in [0.1, 0.15) is 34.9 Å². The third-order valence-electron chi connectivity index (χ3n) is 2.62. The summed E-state index contributed by atoms with van der Waals surface area (Å²) in [5.41, 5.74) is 0.978. The van der Waals surface area contributed by atoms with Gasteiger partial charge in [0.25, 0.3) is 0 Å². The first-order chi connectivity index (χ1) is 7.25. The van der Waals surface area contributed by atoms with Crippen molar-refractivity contribution in [1.29, 1.82) is 0 Å². The van der Waals surface area contributed by atoms with Crippen molar-refractivity contribution in [1.82, 2.24) is 14.6 Å². The number of carboxylic acid groups (broad SMARTS) is 1. The normalized spacial score (nSPS) is 15.7. The fourth-order valence-electron chi connectivity index (χ4n) is 1.65. The van der Waals surface area contributed by atoms with E-state index in [2.05, 4.69) is 10.2 Å². The van der Waals surface area contributed by atoms with Crippen LogP contribution in [0.5, 0.6) is 0 Å². The smallest absolute Gasteiger partial charge is 0.337 e. The van der Waals surface area contributed by atoms with Crippen LogP contribution >= 0.6 is 0 Å². The van der Waals surface area contributed by atoms with Crippen LogP contribution in [0.2, 0.25) is 0 Å². The zero-order chi connectivity index (χ0) is 10.4. The number of fused-ring (bicyclic) bond motifs is 1. The second kappa shape index (κ2) is 2.79. The van der Waals surface area contributed by atoms with Crippen molar-refractivity contribution < 1.29 is 9.90 Å². The first-order valence-electron chi connectivity index (χ1n) is 4.83. The van der Waals surface area contributed by atoms with Gasteiger partial charge in [0.1, 0.15) is 5.82 Å². The van der Waals surface area contributed by atoms with Crippen molar-refractivity contribution in [2.24, 2.45) is 0 Å². The lowest BCUT2D eigenvalue weighted by Crippen LogP contribution is -2.00. The van der Waals surface area contributed by atoms with E-state index in [1.54, 1.807) is 22.7 Å². The number of aromatic nitrogens is 3. The number of aromatic carboxylic acids is 1. The van der Waals surface area contributed by atoms with E-state index in [4.69, 9.17) is 5.11 Å². The summed E-state index contributed by atoms with van der Waals surface area (Å²) < 4.78 is 1.78. The molecule has 0 bridgehead atoms.